The Bertz CT molecular complexity index is 217. The van der Waals surface area contributed by atoms with Crippen molar-refractivity contribution in [1.82, 2.24) is 15.1 Å². The SMILES string of the molecule is CNCCCCn1cc(C)cn1. The highest BCUT2D eigenvalue weighted by atomic mass is 15.3. The van der Waals surface area contributed by atoms with Gasteiger partial charge in [0.05, 0.1) is 6.20 Å². The fourth-order valence-electron chi connectivity index (χ4n) is 1.16. The van der Waals surface area contributed by atoms with Crippen molar-refractivity contribution >= 4 is 0 Å². The third-order valence-corrected chi connectivity index (χ3v) is 1.83. The van der Waals surface area contributed by atoms with Crippen LogP contribution in [-0.2, 0) is 6.54 Å². The molecule has 0 unspecified atom stereocenters. The first kappa shape index (κ1) is 9.26. The Morgan fingerprint density at radius 2 is 2.33 bits per heavy atom. The Balaban J connectivity index is 2.15. The molecule has 0 atom stereocenters. The third kappa shape index (κ3) is 3.05. The zero-order valence-corrected chi connectivity index (χ0v) is 7.88. The van der Waals surface area contributed by atoms with E-state index in [-0.39, 0.29) is 0 Å². The third-order valence-electron chi connectivity index (χ3n) is 1.83. The molecule has 0 aliphatic heterocycles. The van der Waals surface area contributed by atoms with E-state index in [1.807, 2.05) is 17.9 Å². The van der Waals surface area contributed by atoms with Crippen LogP contribution in [0.2, 0.25) is 0 Å². The average Bonchev–Trinajstić information content (AvgIpc) is 2.45. The van der Waals surface area contributed by atoms with Gasteiger partial charge in [-0.05, 0) is 38.9 Å². The lowest BCUT2D eigenvalue weighted by Crippen LogP contribution is -2.08. The number of rotatable bonds is 5. The van der Waals surface area contributed by atoms with Crippen LogP contribution in [-0.4, -0.2) is 23.4 Å². The largest absolute Gasteiger partial charge is 0.320 e. The second kappa shape index (κ2) is 4.93. The first-order valence-corrected chi connectivity index (χ1v) is 4.46. The van der Waals surface area contributed by atoms with E-state index in [4.69, 9.17) is 0 Å². The second-order valence-corrected chi connectivity index (χ2v) is 3.09. The van der Waals surface area contributed by atoms with Gasteiger partial charge in [-0.15, -0.1) is 0 Å². The smallest absolute Gasteiger partial charge is 0.0518 e. The molecule has 68 valence electrons. The van der Waals surface area contributed by atoms with Gasteiger partial charge in [-0.3, -0.25) is 4.68 Å². The molecule has 0 aliphatic rings. The van der Waals surface area contributed by atoms with Crippen molar-refractivity contribution in [2.75, 3.05) is 13.6 Å². The second-order valence-electron chi connectivity index (χ2n) is 3.09. The number of hydrogen-bond acceptors (Lipinski definition) is 2. The Morgan fingerprint density at radius 3 is 2.92 bits per heavy atom. The monoisotopic (exact) mass is 167 g/mol. The molecule has 1 rings (SSSR count). The van der Waals surface area contributed by atoms with Gasteiger partial charge >= 0.3 is 0 Å². The average molecular weight is 167 g/mol. The zero-order valence-electron chi connectivity index (χ0n) is 7.88. The summed E-state index contributed by atoms with van der Waals surface area (Å²) in [6.45, 7) is 4.20. The van der Waals surface area contributed by atoms with Crippen LogP contribution in [0, 0.1) is 6.92 Å². The highest BCUT2D eigenvalue weighted by molar-refractivity contribution is 4.99. The molecule has 12 heavy (non-hydrogen) atoms. The summed E-state index contributed by atoms with van der Waals surface area (Å²) in [6, 6.07) is 0. The fraction of sp³-hybridized carbons (Fsp3) is 0.667. The molecule has 1 heterocycles. The summed E-state index contributed by atoms with van der Waals surface area (Å²) >= 11 is 0. The number of aromatic nitrogens is 2. The summed E-state index contributed by atoms with van der Waals surface area (Å²) in [5.74, 6) is 0. The van der Waals surface area contributed by atoms with Gasteiger partial charge in [-0.25, -0.2) is 0 Å². The number of nitrogens with zero attached hydrogens (tertiary/aromatic N) is 2. The molecule has 1 aromatic rings. The molecular weight excluding hydrogens is 150 g/mol. The van der Waals surface area contributed by atoms with E-state index in [1.54, 1.807) is 0 Å². The summed E-state index contributed by atoms with van der Waals surface area (Å²) in [5.41, 5.74) is 1.24. The Labute approximate surface area is 73.8 Å². The van der Waals surface area contributed by atoms with Crippen molar-refractivity contribution < 1.29 is 0 Å². The first-order chi connectivity index (χ1) is 5.83. The molecule has 3 heteroatoms. The van der Waals surface area contributed by atoms with Gasteiger partial charge in [0.1, 0.15) is 0 Å². The van der Waals surface area contributed by atoms with Crippen LogP contribution in [0.1, 0.15) is 18.4 Å². The summed E-state index contributed by atoms with van der Waals surface area (Å²) in [4.78, 5) is 0. The topological polar surface area (TPSA) is 29.9 Å². The van der Waals surface area contributed by atoms with Gasteiger partial charge in [-0.2, -0.15) is 5.10 Å². The molecule has 3 nitrogen and oxygen atoms in total. The molecule has 0 aromatic carbocycles. The van der Waals surface area contributed by atoms with Crippen molar-refractivity contribution in [3.63, 3.8) is 0 Å². The van der Waals surface area contributed by atoms with Gasteiger partial charge in [-0.1, -0.05) is 0 Å². The minimum Gasteiger partial charge on any atom is -0.320 e. The number of hydrogen-bond donors (Lipinski definition) is 1. The molecule has 1 N–H and O–H groups in total. The van der Waals surface area contributed by atoms with Crippen LogP contribution in [0.4, 0.5) is 0 Å². The summed E-state index contributed by atoms with van der Waals surface area (Å²) < 4.78 is 2.00. The number of unbranched alkanes of at least 4 members (excludes halogenated alkanes) is 1. The van der Waals surface area contributed by atoms with E-state index >= 15 is 0 Å². The van der Waals surface area contributed by atoms with E-state index in [9.17, 15) is 0 Å². The normalized spacial score (nSPS) is 10.5. The molecule has 0 fully saturated rings. The molecule has 0 aliphatic carbocycles. The molecule has 0 bridgehead atoms. The fourth-order valence-corrected chi connectivity index (χ4v) is 1.16. The molecule has 0 saturated heterocycles. The standard InChI is InChI=1S/C9H17N3/c1-9-7-11-12(8-9)6-4-3-5-10-2/h7-8,10H,3-6H2,1-2H3. The molecule has 0 spiro atoms. The molecular formula is C9H17N3. The molecule has 1 aromatic heterocycles. The van der Waals surface area contributed by atoms with E-state index in [0.717, 1.165) is 13.1 Å². The highest BCUT2D eigenvalue weighted by Gasteiger charge is 1.92. The number of aryl methyl sites for hydroxylation is 2. The van der Waals surface area contributed by atoms with Gasteiger partial charge in [0.25, 0.3) is 0 Å². The van der Waals surface area contributed by atoms with Crippen LogP contribution in [0.15, 0.2) is 12.4 Å². The lowest BCUT2D eigenvalue weighted by atomic mass is 10.3. The maximum absolute atomic E-state index is 4.21. The minimum absolute atomic E-state index is 1.04. The van der Waals surface area contributed by atoms with Crippen LogP contribution in [0.3, 0.4) is 0 Å². The van der Waals surface area contributed by atoms with Crippen molar-refractivity contribution in [3.8, 4) is 0 Å². The van der Waals surface area contributed by atoms with Gasteiger partial charge in [0.15, 0.2) is 0 Å². The number of nitrogens with one attached hydrogen (secondary N) is 1. The predicted molar refractivity (Wildman–Crippen MR) is 50.1 cm³/mol. The van der Waals surface area contributed by atoms with E-state index in [2.05, 4.69) is 23.5 Å². The highest BCUT2D eigenvalue weighted by Crippen LogP contribution is 1.97. The lowest BCUT2D eigenvalue weighted by Gasteiger charge is -2.00. The van der Waals surface area contributed by atoms with Crippen molar-refractivity contribution in [2.45, 2.75) is 26.3 Å². The quantitative estimate of drug-likeness (QED) is 0.668. The van der Waals surface area contributed by atoms with Crippen LogP contribution >= 0.6 is 0 Å². The molecule has 0 radical (unpaired) electrons. The Morgan fingerprint density at radius 1 is 1.50 bits per heavy atom. The maximum atomic E-state index is 4.21. The summed E-state index contributed by atoms with van der Waals surface area (Å²) in [6.07, 6.45) is 6.40. The molecule has 0 amide bonds. The Hall–Kier alpha value is -0.830. The van der Waals surface area contributed by atoms with E-state index in [0.29, 0.717) is 0 Å². The van der Waals surface area contributed by atoms with E-state index in [1.165, 1.54) is 18.4 Å². The van der Waals surface area contributed by atoms with Crippen LogP contribution in [0.25, 0.3) is 0 Å². The Kier molecular flexibility index (Phi) is 3.80. The maximum Gasteiger partial charge on any atom is 0.0518 e. The first-order valence-electron chi connectivity index (χ1n) is 4.46. The van der Waals surface area contributed by atoms with Crippen LogP contribution in [0.5, 0.6) is 0 Å². The molecule has 0 saturated carbocycles. The van der Waals surface area contributed by atoms with Crippen molar-refractivity contribution in [1.29, 1.82) is 0 Å². The van der Waals surface area contributed by atoms with E-state index < -0.39 is 0 Å². The van der Waals surface area contributed by atoms with Crippen LogP contribution < -0.4 is 5.32 Å². The van der Waals surface area contributed by atoms with Crippen molar-refractivity contribution in [2.24, 2.45) is 0 Å². The van der Waals surface area contributed by atoms with Gasteiger partial charge in [0, 0.05) is 12.7 Å². The van der Waals surface area contributed by atoms with Crippen molar-refractivity contribution in [3.05, 3.63) is 18.0 Å². The predicted octanol–water partition coefficient (Wildman–Crippen LogP) is 1.19. The summed E-state index contributed by atoms with van der Waals surface area (Å²) in [5, 5.41) is 7.34. The minimum atomic E-state index is 1.04. The van der Waals surface area contributed by atoms with Gasteiger partial charge < -0.3 is 5.32 Å². The lowest BCUT2D eigenvalue weighted by molar-refractivity contribution is 0.547. The van der Waals surface area contributed by atoms with Gasteiger partial charge in [0.2, 0.25) is 0 Å². The zero-order chi connectivity index (χ0) is 8.81. The summed E-state index contributed by atoms with van der Waals surface area (Å²) in [7, 11) is 1.98.